The third-order valence-electron chi connectivity index (χ3n) is 6.56. The highest BCUT2D eigenvalue weighted by Crippen LogP contribution is 2.33. The van der Waals surface area contributed by atoms with Gasteiger partial charge in [0.1, 0.15) is 0 Å². The smallest absolute Gasteiger partial charge is 0.312 e. The second-order valence-corrected chi connectivity index (χ2v) is 8.44. The Morgan fingerprint density at radius 2 is 1.71 bits per heavy atom. The Morgan fingerprint density at radius 1 is 1.10 bits per heavy atom. The zero-order valence-electron chi connectivity index (χ0n) is 16.7. The third kappa shape index (κ3) is 3.97. The Labute approximate surface area is 175 Å². The predicted molar refractivity (Wildman–Crippen MR) is 101 cm³/mol. The summed E-state index contributed by atoms with van der Waals surface area (Å²) in [6.45, 7) is 0.361. The van der Waals surface area contributed by atoms with Crippen LogP contribution in [0.25, 0.3) is 0 Å². The van der Waals surface area contributed by atoms with Crippen LogP contribution in [0.5, 0.6) is 0 Å². The molecule has 2 heterocycles. The molecule has 0 aromatic heterocycles. The van der Waals surface area contributed by atoms with Gasteiger partial charge >= 0.3 is 12.1 Å². The van der Waals surface area contributed by atoms with Gasteiger partial charge in [-0.25, -0.2) is 13.6 Å². The number of piperazine rings is 1. The fraction of sp³-hybridized carbons (Fsp3) is 0.571. The van der Waals surface area contributed by atoms with Gasteiger partial charge < -0.3 is 10.2 Å². The molecule has 2 saturated heterocycles. The van der Waals surface area contributed by atoms with E-state index < -0.39 is 29.6 Å². The molecule has 3 fully saturated rings. The molecule has 0 radical (unpaired) electrons. The quantitative estimate of drug-likeness (QED) is 0.576. The summed E-state index contributed by atoms with van der Waals surface area (Å²) in [5.74, 6) is -1.23. The minimum absolute atomic E-state index is 0.0288. The van der Waals surface area contributed by atoms with Crippen molar-refractivity contribution in [2.24, 2.45) is 5.92 Å². The van der Waals surface area contributed by atoms with Gasteiger partial charge in [-0.3, -0.25) is 4.79 Å². The molecule has 2 amide bonds. The van der Waals surface area contributed by atoms with Crippen LogP contribution in [0.3, 0.4) is 0 Å². The lowest BCUT2D eigenvalue weighted by molar-refractivity contribution is -0.461. The van der Waals surface area contributed by atoms with E-state index in [4.69, 9.17) is 0 Å². The van der Waals surface area contributed by atoms with Gasteiger partial charge in [-0.2, -0.15) is 17.7 Å². The molecular formula is C21H23F5N3O2+. The van der Waals surface area contributed by atoms with Gasteiger partial charge in [0, 0.05) is 38.4 Å². The first kappa shape index (κ1) is 21.9. The van der Waals surface area contributed by atoms with Crippen LogP contribution in [0.4, 0.5) is 22.0 Å². The Balaban J connectivity index is 1.55. The second-order valence-electron chi connectivity index (χ2n) is 8.44. The van der Waals surface area contributed by atoms with Crippen molar-refractivity contribution in [2.45, 2.75) is 50.4 Å². The van der Waals surface area contributed by atoms with Crippen molar-refractivity contribution in [2.75, 3.05) is 19.6 Å². The minimum Gasteiger partial charge on any atom is -0.312 e. The van der Waals surface area contributed by atoms with Crippen LogP contribution in [0, 0.1) is 5.92 Å². The number of benzene rings is 1. The van der Waals surface area contributed by atoms with E-state index in [-0.39, 0.29) is 50.8 Å². The van der Waals surface area contributed by atoms with E-state index >= 15 is 0 Å². The summed E-state index contributed by atoms with van der Waals surface area (Å²) in [6, 6.07) is 4.54. The van der Waals surface area contributed by atoms with Crippen molar-refractivity contribution in [3.8, 4) is 0 Å². The lowest BCUT2D eigenvalue weighted by atomic mass is 9.84. The third-order valence-corrected chi connectivity index (χ3v) is 6.56. The highest BCUT2D eigenvalue weighted by molar-refractivity contribution is 5.97. The number of rotatable bonds is 3. The molecule has 1 spiro atoms. The van der Waals surface area contributed by atoms with Gasteiger partial charge in [0.15, 0.2) is 11.3 Å². The number of nitrogens with zero attached hydrogens (tertiary/aromatic N) is 2. The van der Waals surface area contributed by atoms with E-state index in [2.05, 4.69) is 5.32 Å². The highest BCUT2D eigenvalue weighted by atomic mass is 19.4. The normalized spacial score (nSPS) is 24.2. The number of halogens is 5. The molecule has 31 heavy (non-hydrogen) atoms. The summed E-state index contributed by atoms with van der Waals surface area (Å²) in [7, 11) is 0. The highest BCUT2D eigenvalue weighted by Gasteiger charge is 2.61. The van der Waals surface area contributed by atoms with E-state index in [1.54, 1.807) is 0 Å². The molecule has 1 aromatic rings. The molecule has 1 aliphatic carbocycles. The maximum absolute atomic E-state index is 13.4. The molecule has 0 unspecified atom stereocenters. The first-order valence-corrected chi connectivity index (χ1v) is 10.2. The summed E-state index contributed by atoms with van der Waals surface area (Å²) in [5.41, 5.74) is -0.654. The summed E-state index contributed by atoms with van der Waals surface area (Å²) in [4.78, 5) is 27.8. The van der Waals surface area contributed by atoms with Gasteiger partial charge in [-0.15, -0.1) is 0 Å². The van der Waals surface area contributed by atoms with Crippen molar-refractivity contribution in [3.63, 3.8) is 0 Å². The molecule has 5 nitrogen and oxygen atoms in total. The number of amides is 2. The fourth-order valence-corrected chi connectivity index (χ4v) is 4.57. The van der Waals surface area contributed by atoms with Crippen molar-refractivity contribution in [1.29, 1.82) is 0 Å². The van der Waals surface area contributed by atoms with E-state index in [9.17, 15) is 31.5 Å². The van der Waals surface area contributed by atoms with Gasteiger partial charge in [0.2, 0.25) is 13.0 Å². The molecule has 2 aliphatic heterocycles. The van der Waals surface area contributed by atoms with Gasteiger partial charge in [-0.1, -0.05) is 12.1 Å². The lowest BCUT2D eigenvalue weighted by Gasteiger charge is -2.48. The minimum atomic E-state index is -4.45. The number of hydrogen-bond donors (Lipinski definition) is 1. The molecule has 3 aliphatic rings. The molecule has 1 saturated carbocycles. The molecule has 168 valence electrons. The maximum Gasteiger partial charge on any atom is 0.416 e. The standard InChI is InChI=1S/C21H23F5N3O2/c22-18(23)14-3-7-16(8-4-14)28-10-17(30)29(20(19(28)31)11-27-12-20)9-13-1-5-15(6-2-13)21(24,25)26/h1-2,5-6,14,18,27H,3-4,7-12H2/q+1. The van der Waals surface area contributed by atoms with Crippen molar-refractivity contribution < 1.29 is 36.1 Å². The summed E-state index contributed by atoms with van der Waals surface area (Å²) >= 11 is 0. The first-order chi connectivity index (χ1) is 14.6. The predicted octanol–water partition coefficient (Wildman–Crippen LogP) is 2.83. The maximum atomic E-state index is 13.4. The van der Waals surface area contributed by atoms with E-state index in [0.717, 1.165) is 17.8 Å². The van der Waals surface area contributed by atoms with Crippen LogP contribution >= 0.6 is 0 Å². The summed E-state index contributed by atoms with van der Waals surface area (Å²) in [5, 5.41) is 3.01. The first-order valence-electron chi connectivity index (χ1n) is 10.2. The Bertz CT molecular complexity index is 897. The summed E-state index contributed by atoms with van der Waals surface area (Å²) in [6.07, 6.45) is -5.55. The number of alkyl halides is 5. The lowest BCUT2D eigenvalue weighted by Crippen LogP contribution is -2.79. The monoisotopic (exact) mass is 444 g/mol. The van der Waals surface area contributed by atoms with Crippen molar-refractivity contribution in [3.05, 3.63) is 35.4 Å². The zero-order chi connectivity index (χ0) is 22.4. The van der Waals surface area contributed by atoms with Crippen LogP contribution in [0.2, 0.25) is 0 Å². The molecule has 1 N–H and O–H groups in total. The number of carbonyl (C=O) groups excluding carboxylic acids is 2. The molecule has 4 rings (SSSR count). The zero-order valence-corrected chi connectivity index (χ0v) is 16.7. The van der Waals surface area contributed by atoms with Crippen LogP contribution in [-0.2, 0) is 22.3 Å². The largest absolute Gasteiger partial charge is 0.416 e. The molecule has 1 aromatic carbocycles. The molecule has 0 bridgehead atoms. The van der Waals surface area contributed by atoms with Crippen molar-refractivity contribution >= 4 is 17.5 Å². The molecular weight excluding hydrogens is 421 g/mol. The summed E-state index contributed by atoms with van der Waals surface area (Å²) < 4.78 is 65.7. The Kier molecular flexibility index (Phi) is 5.61. The Morgan fingerprint density at radius 3 is 2.19 bits per heavy atom. The average molecular weight is 444 g/mol. The van der Waals surface area contributed by atoms with Crippen molar-refractivity contribution in [1.82, 2.24) is 10.2 Å². The van der Waals surface area contributed by atoms with Crippen LogP contribution < -0.4 is 5.32 Å². The number of hydrogen-bond acceptors (Lipinski definition) is 3. The second kappa shape index (κ2) is 7.96. The van der Waals surface area contributed by atoms with E-state index in [1.165, 1.54) is 21.6 Å². The van der Waals surface area contributed by atoms with Gasteiger partial charge in [0.05, 0.1) is 5.56 Å². The van der Waals surface area contributed by atoms with Crippen LogP contribution in [-0.4, -0.2) is 58.6 Å². The topological polar surface area (TPSA) is 52.4 Å². The van der Waals surface area contributed by atoms with E-state index in [0.29, 0.717) is 18.4 Å². The molecule has 0 atom stereocenters. The van der Waals surface area contributed by atoms with Gasteiger partial charge in [0.25, 0.3) is 5.91 Å². The van der Waals surface area contributed by atoms with Crippen LogP contribution in [0.1, 0.15) is 36.8 Å². The van der Waals surface area contributed by atoms with E-state index in [1.807, 2.05) is 0 Å². The van der Waals surface area contributed by atoms with Crippen LogP contribution in [0.15, 0.2) is 24.3 Å². The number of nitrogens with one attached hydrogen (secondary N) is 1. The average Bonchev–Trinajstić information content (AvgIpc) is 2.69. The SMILES string of the molecule is O=C1C[N+](=C2CCC(C(F)F)CC2)C(=O)C2(CNC2)N1Cc1ccc(C(F)(F)F)cc1. The molecule has 10 heteroatoms. The fourth-order valence-electron chi connectivity index (χ4n) is 4.57. The Hall–Kier alpha value is -2.36. The van der Waals surface area contributed by atoms with Gasteiger partial charge in [-0.05, 0) is 30.5 Å². The number of carbonyl (C=O) groups is 2.